The van der Waals surface area contributed by atoms with E-state index in [1.54, 1.807) is 0 Å². The summed E-state index contributed by atoms with van der Waals surface area (Å²) >= 11 is 0. The lowest BCUT2D eigenvalue weighted by Gasteiger charge is -2.11. The molecule has 2 aromatic rings. The van der Waals surface area contributed by atoms with Gasteiger partial charge in [0.2, 0.25) is 0 Å². The van der Waals surface area contributed by atoms with Crippen LogP contribution in [0, 0.1) is 0 Å². The molecule has 0 aliphatic rings. The largest absolute Gasteiger partial charge is 0.330 e. The minimum absolute atomic E-state index is 0.409. The van der Waals surface area contributed by atoms with E-state index in [1.807, 2.05) is 23.4 Å². The summed E-state index contributed by atoms with van der Waals surface area (Å²) in [6.07, 6.45) is 5.71. The van der Waals surface area contributed by atoms with Crippen LogP contribution in [0.2, 0.25) is 0 Å². The van der Waals surface area contributed by atoms with Gasteiger partial charge in [0, 0.05) is 12.6 Å². The van der Waals surface area contributed by atoms with Crippen molar-refractivity contribution < 1.29 is 0 Å². The molecule has 18 heavy (non-hydrogen) atoms. The summed E-state index contributed by atoms with van der Waals surface area (Å²) in [6.45, 7) is 8.77. The number of hydrogen-bond donors (Lipinski definition) is 1. The molecule has 0 radical (unpaired) electrons. The number of rotatable bonds is 6. The van der Waals surface area contributed by atoms with E-state index >= 15 is 0 Å². The van der Waals surface area contributed by atoms with Crippen LogP contribution in [0.15, 0.2) is 18.7 Å². The fourth-order valence-corrected chi connectivity index (χ4v) is 1.84. The van der Waals surface area contributed by atoms with E-state index in [1.165, 1.54) is 0 Å². The highest BCUT2D eigenvalue weighted by atomic mass is 15.4. The molecule has 0 unspecified atom stereocenters. The van der Waals surface area contributed by atoms with Gasteiger partial charge in [0.1, 0.15) is 0 Å². The molecule has 0 amide bonds. The Kier molecular flexibility index (Phi) is 4.09. The van der Waals surface area contributed by atoms with Crippen LogP contribution in [0.1, 0.15) is 38.2 Å². The first kappa shape index (κ1) is 12.8. The normalized spacial score (nSPS) is 11.3. The van der Waals surface area contributed by atoms with Crippen molar-refractivity contribution in [2.75, 3.05) is 6.54 Å². The van der Waals surface area contributed by atoms with Crippen LogP contribution in [0.3, 0.4) is 0 Å². The van der Waals surface area contributed by atoms with E-state index in [-0.39, 0.29) is 0 Å². The standard InChI is InChI=1S/C12H20N6/c1-4-13-5-11-7-17(16-15-11)8-12-6-14-9-18(12)10(2)3/h6-7,9-10,13H,4-5,8H2,1-3H3. The third-order valence-corrected chi connectivity index (χ3v) is 2.77. The van der Waals surface area contributed by atoms with Gasteiger partial charge in [0.15, 0.2) is 0 Å². The second-order valence-corrected chi connectivity index (χ2v) is 4.57. The van der Waals surface area contributed by atoms with Gasteiger partial charge in [-0.15, -0.1) is 5.10 Å². The Labute approximate surface area is 107 Å². The molecule has 0 bridgehead atoms. The van der Waals surface area contributed by atoms with Crippen molar-refractivity contribution in [3.05, 3.63) is 30.1 Å². The second kappa shape index (κ2) is 5.77. The van der Waals surface area contributed by atoms with Gasteiger partial charge >= 0.3 is 0 Å². The smallest absolute Gasteiger partial charge is 0.0964 e. The molecule has 6 heteroatoms. The zero-order chi connectivity index (χ0) is 13.0. The SMILES string of the molecule is CCNCc1cn(Cc2cncn2C(C)C)nn1. The first-order valence-corrected chi connectivity index (χ1v) is 6.31. The first-order chi connectivity index (χ1) is 8.70. The lowest BCUT2D eigenvalue weighted by molar-refractivity contribution is 0.541. The van der Waals surface area contributed by atoms with Crippen molar-refractivity contribution in [1.82, 2.24) is 29.9 Å². The maximum Gasteiger partial charge on any atom is 0.0964 e. The van der Waals surface area contributed by atoms with Gasteiger partial charge in [-0.25, -0.2) is 9.67 Å². The van der Waals surface area contributed by atoms with Crippen molar-refractivity contribution in [2.24, 2.45) is 0 Å². The Bertz CT molecular complexity index is 484. The monoisotopic (exact) mass is 248 g/mol. The Morgan fingerprint density at radius 3 is 2.94 bits per heavy atom. The molecular formula is C12H20N6. The molecular weight excluding hydrogens is 228 g/mol. The van der Waals surface area contributed by atoms with Crippen molar-refractivity contribution in [1.29, 1.82) is 0 Å². The van der Waals surface area contributed by atoms with Crippen LogP contribution in [0.25, 0.3) is 0 Å². The molecule has 2 aromatic heterocycles. The minimum Gasteiger partial charge on any atom is -0.330 e. The van der Waals surface area contributed by atoms with Gasteiger partial charge in [-0.1, -0.05) is 12.1 Å². The summed E-state index contributed by atoms with van der Waals surface area (Å²) in [6, 6.07) is 0.409. The van der Waals surface area contributed by atoms with Gasteiger partial charge in [-0.2, -0.15) is 0 Å². The fourth-order valence-electron chi connectivity index (χ4n) is 1.84. The molecule has 0 aliphatic carbocycles. The zero-order valence-electron chi connectivity index (χ0n) is 11.2. The topological polar surface area (TPSA) is 60.6 Å². The highest BCUT2D eigenvalue weighted by Gasteiger charge is 2.07. The van der Waals surface area contributed by atoms with E-state index < -0.39 is 0 Å². The third kappa shape index (κ3) is 2.95. The molecule has 0 spiro atoms. The summed E-state index contributed by atoms with van der Waals surface area (Å²) in [5, 5.41) is 11.5. The molecule has 98 valence electrons. The molecule has 0 atom stereocenters. The molecule has 0 aromatic carbocycles. The summed E-state index contributed by atoms with van der Waals surface area (Å²) < 4.78 is 3.99. The van der Waals surface area contributed by atoms with Gasteiger partial charge < -0.3 is 9.88 Å². The molecule has 2 heterocycles. The maximum absolute atomic E-state index is 4.19. The van der Waals surface area contributed by atoms with E-state index in [0.29, 0.717) is 12.6 Å². The number of aromatic nitrogens is 5. The highest BCUT2D eigenvalue weighted by molar-refractivity contribution is 5.01. The molecule has 0 saturated heterocycles. The van der Waals surface area contributed by atoms with Gasteiger partial charge in [-0.05, 0) is 20.4 Å². The first-order valence-electron chi connectivity index (χ1n) is 6.31. The molecule has 2 rings (SSSR count). The second-order valence-electron chi connectivity index (χ2n) is 4.57. The lowest BCUT2D eigenvalue weighted by Crippen LogP contribution is -2.12. The van der Waals surface area contributed by atoms with E-state index in [0.717, 1.165) is 24.5 Å². The van der Waals surface area contributed by atoms with Crippen molar-refractivity contribution >= 4 is 0 Å². The molecule has 0 fully saturated rings. The predicted molar refractivity (Wildman–Crippen MR) is 69.1 cm³/mol. The molecule has 6 nitrogen and oxygen atoms in total. The van der Waals surface area contributed by atoms with Gasteiger partial charge in [0.25, 0.3) is 0 Å². The summed E-state index contributed by atoms with van der Waals surface area (Å²) in [5.74, 6) is 0. The molecule has 0 aliphatic heterocycles. The predicted octanol–water partition coefficient (Wildman–Crippen LogP) is 1.21. The van der Waals surface area contributed by atoms with Gasteiger partial charge in [-0.3, -0.25) is 0 Å². The summed E-state index contributed by atoms with van der Waals surface area (Å²) in [5.41, 5.74) is 2.11. The Morgan fingerprint density at radius 2 is 2.22 bits per heavy atom. The van der Waals surface area contributed by atoms with Crippen LogP contribution in [-0.2, 0) is 13.1 Å². The maximum atomic E-state index is 4.19. The Hall–Kier alpha value is -1.69. The van der Waals surface area contributed by atoms with Crippen LogP contribution >= 0.6 is 0 Å². The van der Waals surface area contributed by atoms with Crippen molar-refractivity contribution in [3.8, 4) is 0 Å². The Balaban J connectivity index is 2.04. The summed E-state index contributed by atoms with van der Waals surface area (Å²) in [7, 11) is 0. The highest BCUT2D eigenvalue weighted by Crippen LogP contribution is 2.10. The van der Waals surface area contributed by atoms with E-state index in [2.05, 4.69) is 46.0 Å². The van der Waals surface area contributed by atoms with Crippen LogP contribution in [-0.4, -0.2) is 31.1 Å². The van der Waals surface area contributed by atoms with Crippen molar-refractivity contribution in [2.45, 2.75) is 39.9 Å². The van der Waals surface area contributed by atoms with Crippen LogP contribution in [0.5, 0.6) is 0 Å². The fraction of sp³-hybridized carbons (Fsp3) is 0.583. The molecule has 0 saturated carbocycles. The number of hydrogen-bond acceptors (Lipinski definition) is 4. The number of nitrogens with one attached hydrogen (secondary N) is 1. The zero-order valence-corrected chi connectivity index (χ0v) is 11.2. The number of nitrogens with zero attached hydrogens (tertiary/aromatic N) is 5. The van der Waals surface area contributed by atoms with E-state index in [9.17, 15) is 0 Å². The van der Waals surface area contributed by atoms with Crippen molar-refractivity contribution in [3.63, 3.8) is 0 Å². The molecule has 1 N–H and O–H groups in total. The van der Waals surface area contributed by atoms with Crippen LogP contribution < -0.4 is 5.32 Å². The quantitative estimate of drug-likeness (QED) is 0.835. The average molecular weight is 248 g/mol. The minimum atomic E-state index is 0.409. The Morgan fingerprint density at radius 1 is 1.39 bits per heavy atom. The average Bonchev–Trinajstić information content (AvgIpc) is 2.96. The third-order valence-electron chi connectivity index (χ3n) is 2.77. The number of imidazole rings is 1. The van der Waals surface area contributed by atoms with E-state index in [4.69, 9.17) is 0 Å². The summed E-state index contributed by atoms with van der Waals surface area (Å²) in [4.78, 5) is 4.19. The van der Waals surface area contributed by atoms with Gasteiger partial charge in [0.05, 0.1) is 36.7 Å². The van der Waals surface area contributed by atoms with Crippen LogP contribution in [0.4, 0.5) is 0 Å². The lowest BCUT2D eigenvalue weighted by atomic mass is 10.3.